The van der Waals surface area contributed by atoms with Gasteiger partial charge in [-0.15, -0.1) is 0 Å². The molecule has 0 heterocycles. The Morgan fingerprint density at radius 2 is 1.84 bits per heavy atom. The Hall–Kier alpha value is -0.990. The van der Waals surface area contributed by atoms with E-state index in [1.807, 2.05) is 0 Å². The molecule has 1 aromatic rings. The molecule has 1 rings (SSSR count). The lowest BCUT2D eigenvalue weighted by Gasteiger charge is -2.21. The number of ether oxygens (including phenoxy) is 1. The number of hydrogen-bond acceptors (Lipinski definition) is 2. The van der Waals surface area contributed by atoms with Crippen LogP contribution in [0.2, 0.25) is 0 Å². The predicted molar refractivity (Wildman–Crippen MR) is 74.0 cm³/mol. The van der Waals surface area contributed by atoms with Gasteiger partial charge in [-0.1, -0.05) is 0 Å². The number of amides is 1. The molecule has 19 heavy (non-hydrogen) atoms. The number of nitrogens with one attached hydrogen (secondary N) is 1. The predicted octanol–water partition coefficient (Wildman–Crippen LogP) is 4.66. The van der Waals surface area contributed by atoms with Crippen LogP contribution in [-0.2, 0) is 10.9 Å². The van der Waals surface area contributed by atoms with Crippen LogP contribution in [-0.4, -0.2) is 11.7 Å². The summed E-state index contributed by atoms with van der Waals surface area (Å²) in [6.07, 6.45) is -5.45. The molecule has 0 saturated carbocycles. The van der Waals surface area contributed by atoms with E-state index in [4.69, 9.17) is 4.74 Å². The van der Waals surface area contributed by atoms with Gasteiger partial charge in [0.1, 0.15) is 5.60 Å². The van der Waals surface area contributed by atoms with Gasteiger partial charge in [0.2, 0.25) is 0 Å². The fourth-order valence-electron chi connectivity index (χ4n) is 1.27. The highest BCUT2D eigenvalue weighted by atomic mass is 127. The Labute approximate surface area is 122 Å². The van der Waals surface area contributed by atoms with Gasteiger partial charge in [0, 0.05) is 3.57 Å². The summed E-state index contributed by atoms with van der Waals surface area (Å²) in [5, 5.41) is 2.12. The molecule has 1 N–H and O–H groups in total. The van der Waals surface area contributed by atoms with Crippen LogP contribution < -0.4 is 5.32 Å². The molecule has 0 aromatic heterocycles. The monoisotopic (exact) mass is 387 g/mol. The first kappa shape index (κ1) is 16.1. The van der Waals surface area contributed by atoms with E-state index in [0.29, 0.717) is 3.57 Å². The van der Waals surface area contributed by atoms with Crippen LogP contribution >= 0.6 is 22.6 Å². The van der Waals surface area contributed by atoms with Crippen LogP contribution in [0.4, 0.5) is 23.7 Å². The van der Waals surface area contributed by atoms with Gasteiger partial charge in [0.05, 0.1) is 11.3 Å². The van der Waals surface area contributed by atoms with Gasteiger partial charge in [0.15, 0.2) is 0 Å². The average molecular weight is 387 g/mol. The molecule has 0 unspecified atom stereocenters. The van der Waals surface area contributed by atoms with E-state index in [9.17, 15) is 18.0 Å². The standard InChI is InChI=1S/C12H13F3INO2/c1-11(2,3)19-10(18)17-9-5-4-7(16)6-8(9)12(13,14)15/h4-6H,1-3H3,(H,17,18). The number of rotatable bonds is 1. The SMILES string of the molecule is CC(C)(C)OC(=O)Nc1ccc(I)cc1C(F)(F)F. The van der Waals surface area contributed by atoms with Gasteiger partial charge >= 0.3 is 12.3 Å². The number of carbonyl (C=O) groups is 1. The summed E-state index contributed by atoms with van der Waals surface area (Å²) in [6, 6.07) is 3.64. The zero-order valence-electron chi connectivity index (χ0n) is 10.6. The third-order valence-electron chi connectivity index (χ3n) is 1.92. The smallest absolute Gasteiger partial charge is 0.418 e. The first-order chi connectivity index (χ1) is 8.49. The van der Waals surface area contributed by atoms with E-state index in [1.54, 1.807) is 43.4 Å². The Morgan fingerprint density at radius 3 is 2.32 bits per heavy atom. The van der Waals surface area contributed by atoms with E-state index >= 15 is 0 Å². The lowest BCUT2D eigenvalue weighted by Crippen LogP contribution is -2.28. The van der Waals surface area contributed by atoms with Gasteiger partial charge in [0.25, 0.3) is 0 Å². The minimum absolute atomic E-state index is 0.317. The summed E-state index contributed by atoms with van der Waals surface area (Å²) in [5.74, 6) is 0. The van der Waals surface area contributed by atoms with Crippen LogP contribution in [0.5, 0.6) is 0 Å². The van der Waals surface area contributed by atoms with Crippen molar-refractivity contribution in [2.24, 2.45) is 0 Å². The Morgan fingerprint density at radius 1 is 1.26 bits per heavy atom. The zero-order chi connectivity index (χ0) is 14.8. The van der Waals surface area contributed by atoms with E-state index in [0.717, 1.165) is 6.07 Å². The summed E-state index contributed by atoms with van der Waals surface area (Å²) in [6.45, 7) is 4.89. The van der Waals surface area contributed by atoms with E-state index in [1.165, 1.54) is 12.1 Å². The molecule has 1 amide bonds. The largest absolute Gasteiger partial charge is 0.444 e. The fraction of sp³-hybridized carbons (Fsp3) is 0.417. The lowest BCUT2D eigenvalue weighted by molar-refractivity contribution is -0.137. The van der Waals surface area contributed by atoms with Crippen molar-refractivity contribution in [1.82, 2.24) is 0 Å². The molecular formula is C12H13F3INO2. The molecule has 3 nitrogen and oxygen atoms in total. The van der Waals surface area contributed by atoms with Crippen molar-refractivity contribution < 1.29 is 22.7 Å². The second-order valence-corrected chi connectivity index (χ2v) is 6.06. The summed E-state index contributed by atoms with van der Waals surface area (Å²) in [4.78, 5) is 11.5. The summed E-state index contributed by atoms with van der Waals surface area (Å²) < 4.78 is 43.8. The first-order valence-electron chi connectivity index (χ1n) is 5.36. The number of benzene rings is 1. The van der Waals surface area contributed by atoms with Gasteiger partial charge in [-0.05, 0) is 61.6 Å². The normalized spacial score (nSPS) is 12.2. The minimum Gasteiger partial charge on any atom is -0.444 e. The van der Waals surface area contributed by atoms with Gasteiger partial charge < -0.3 is 4.74 Å². The second-order valence-electron chi connectivity index (χ2n) is 4.81. The molecule has 0 atom stereocenters. The maximum Gasteiger partial charge on any atom is 0.418 e. The van der Waals surface area contributed by atoms with Crippen molar-refractivity contribution in [2.45, 2.75) is 32.5 Å². The molecule has 0 radical (unpaired) electrons. The topological polar surface area (TPSA) is 38.3 Å². The molecule has 106 valence electrons. The first-order valence-corrected chi connectivity index (χ1v) is 6.44. The van der Waals surface area contributed by atoms with Gasteiger partial charge in [-0.25, -0.2) is 4.79 Å². The highest BCUT2D eigenvalue weighted by molar-refractivity contribution is 14.1. The maximum atomic E-state index is 12.8. The molecule has 0 aliphatic carbocycles. The molecule has 0 aliphatic heterocycles. The third-order valence-corrected chi connectivity index (χ3v) is 2.59. The molecule has 0 saturated heterocycles. The molecule has 1 aromatic carbocycles. The Kier molecular flexibility index (Phi) is 4.70. The minimum atomic E-state index is -4.54. The average Bonchev–Trinajstić information content (AvgIpc) is 2.16. The van der Waals surface area contributed by atoms with Crippen LogP contribution in [0.15, 0.2) is 18.2 Å². The third kappa shape index (κ3) is 5.25. The van der Waals surface area contributed by atoms with Crippen LogP contribution in [0.25, 0.3) is 0 Å². The summed E-state index contributed by atoms with van der Waals surface area (Å²) in [7, 11) is 0. The second kappa shape index (κ2) is 5.56. The molecule has 0 spiro atoms. The van der Waals surface area contributed by atoms with Crippen molar-refractivity contribution >= 4 is 34.4 Å². The van der Waals surface area contributed by atoms with Crippen LogP contribution in [0.3, 0.4) is 0 Å². The lowest BCUT2D eigenvalue weighted by atomic mass is 10.1. The van der Waals surface area contributed by atoms with Crippen molar-refractivity contribution in [3.63, 3.8) is 0 Å². The molecule has 0 aliphatic rings. The van der Waals surface area contributed by atoms with Crippen LogP contribution in [0.1, 0.15) is 26.3 Å². The Bertz CT molecular complexity index is 481. The molecule has 0 bridgehead atoms. The van der Waals surface area contributed by atoms with Crippen molar-refractivity contribution in [1.29, 1.82) is 0 Å². The van der Waals surface area contributed by atoms with Crippen molar-refractivity contribution in [3.8, 4) is 0 Å². The summed E-state index contributed by atoms with van der Waals surface area (Å²) >= 11 is 1.77. The number of halogens is 4. The van der Waals surface area contributed by atoms with Crippen LogP contribution in [0, 0.1) is 3.57 Å². The van der Waals surface area contributed by atoms with Crippen molar-refractivity contribution in [2.75, 3.05) is 5.32 Å². The van der Waals surface area contributed by atoms with Crippen molar-refractivity contribution in [3.05, 3.63) is 27.3 Å². The maximum absolute atomic E-state index is 12.8. The Balaban J connectivity index is 2.99. The quantitative estimate of drug-likeness (QED) is 0.713. The van der Waals surface area contributed by atoms with Gasteiger partial charge in [-0.2, -0.15) is 13.2 Å². The fourth-order valence-corrected chi connectivity index (χ4v) is 1.76. The highest BCUT2D eigenvalue weighted by Gasteiger charge is 2.34. The number of alkyl halides is 3. The number of anilines is 1. The zero-order valence-corrected chi connectivity index (χ0v) is 12.7. The molecule has 7 heteroatoms. The van der Waals surface area contributed by atoms with Gasteiger partial charge in [-0.3, -0.25) is 5.32 Å². The van der Waals surface area contributed by atoms with E-state index in [-0.39, 0.29) is 5.69 Å². The van der Waals surface area contributed by atoms with E-state index in [2.05, 4.69) is 5.32 Å². The number of carbonyl (C=O) groups excluding carboxylic acids is 1. The van der Waals surface area contributed by atoms with E-state index < -0.39 is 23.4 Å². The highest BCUT2D eigenvalue weighted by Crippen LogP contribution is 2.35. The molecular weight excluding hydrogens is 374 g/mol. The summed E-state index contributed by atoms with van der Waals surface area (Å²) in [5.41, 5.74) is -1.99. The molecule has 0 fully saturated rings. The number of hydrogen-bond donors (Lipinski definition) is 1.